The highest BCUT2D eigenvalue weighted by Gasteiger charge is 2.07. The van der Waals surface area contributed by atoms with Gasteiger partial charge in [0, 0.05) is 19.6 Å². The first-order valence-electron chi connectivity index (χ1n) is 5.33. The monoisotopic (exact) mass is 186 g/mol. The lowest BCUT2D eigenvalue weighted by molar-refractivity contribution is 0.378. The topological polar surface area (TPSA) is 24.1 Å². The molecule has 0 aliphatic heterocycles. The number of hydrogen-bond acceptors (Lipinski definition) is 2. The second kappa shape index (κ2) is 6.39. The molecule has 0 fully saturated rings. The smallest absolute Gasteiger partial charge is 0.00769 e. The van der Waals surface area contributed by atoms with Gasteiger partial charge in [0.05, 0.1) is 0 Å². The van der Waals surface area contributed by atoms with E-state index < -0.39 is 0 Å². The Morgan fingerprint density at radius 3 is 2.00 bits per heavy atom. The summed E-state index contributed by atoms with van der Waals surface area (Å²) in [7, 11) is 0. The molecule has 0 saturated heterocycles. The molecule has 0 unspecified atom stereocenters. The van der Waals surface area contributed by atoms with Gasteiger partial charge in [-0.1, -0.05) is 34.6 Å². The largest absolute Gasteiger partial charge is 0.315 e. The molecule has 0 atom stereocenters. The third-order valence-corrected chi connectivity index (χ3v) is 1.69. The van der Waals surface area contributed by atoms with Crippen molar-refractivity contribution >= 4 is 0 Å². The maximum atomic E-state index is 3.44. The summed E-state index contributed by atoms with van der Waals surface area (Å²) in [6.45, 7) is 15.6. The second-order valence-electron chi connectivity index (χ2n) is 5.34. The van der Waals surface area contributed by atoms with Crippen LogP contribution in [0.15, 0.2) is 0 Å². The van der Waals surface area contributed by atoms with E-state index in [1.54, 1.807) is 0 Å². The van der Waals surface area contributed by atoms with Gasteiger partial charge in [0.15, 0.2) is 0 Å². The van der Waals surface area contributed by atoms with Crippen LogP contribution in [0, 0.1) is 11.3 Å². The zero-order valence-electron chi connectivity index (χ0n) is 9.91. The normalized spacial score (nSPS) is 12.5. The highest BCUT2D eigenvalue weighted by molar-refractivity contribution is 4.65. The van der Waals surface area contributed by atoms with Crippen molar-refractivity contribution in [2.75, 3.05) is 26.2 Å². The van der Waals surface area contributed by atoms with E-state index in [-0.39, 0.29) is 0 Å². The standard InChI is InChI=1S/C11H26N2/c1-10(2)8-12-6-7-13-9-11(3,4)5/h10,12-13H,6-9H2,1-5H3. The Morgan fingerprint density at radius 1 is 1.00 bits per heavy atom. The highest BCUT2D eigenvalue weighted by atomic mass is 14.9. The SMILES string of the molecule is CC(C)CNCCNCC(C)(C)C. The van der Waals surface area contributed by atoms with Crippen LogP contribution in [0.25, 0.3) is 0 Å². The molecular weight excluding hydrogens is 160 g/mol. The van der Waals surface area contributed by atoms with Gasteiger partial charge in [-0.3, -0.25) is 0 Å². The van der Waals surface area contributed by atoms with E-state index in [0.717, 1.165) is 32.1 Å². The molecule has 0 radical (unpaired) electrons. The molecule has 2 N–H and O–H groups in total. The molecule has 0 spiro atoms. The summed E-state index contributed by atoms with van der Waals surface area (Å²) in [6, 6.07) is 0. The highest BCUT2D eigenvalue weighted by Crippen LogP contribution is 2.09. The van der Waals surface area contributed by atoms with E-state index in [1.165, 1.54) is 0 Å². The van der Waals surface area contributed by atoms with Crippen molar-refractivity contribution in [3.05, 3.63) is 0 Å². The summed E-state index contributed by atoms with van der Waals surface area (Å²) in [6.07, 6.45) is 0. The van der Waals surface area contributed by atoms with Gasteiger partial charge in [0.1, 0.15) is 0 Å². The Morgan fingerprint density at radius 2 is 1.54 bits per heavy atom. The van der Waals surface area contributed by atoms with Crippen LogP contribution < -0.4 is 10.6 Å². The fourth-order valence-electron chi connectivity index (χ4n) is 1.03. The minimum atomic E-state index is 0.401. The summed E-state index contributed by atoms with van der Waals surface area (Å²) < 4.78 is 0. The Balaban J connectivity index is 3.09. The molecule has 0 heterocycles. The quantitative estimate of drug-likeness (QED) is 0.619. The molecule has 80 valence electrons. The third kappa shape index (κ3) is 11.9. The van der Waals surface area contributed by atoms with Crippen molar-refractivity contribution in [1.29, 1.82) is 0 Å². The molecular formula is C11H26N2. The summed E-state index contributed by atoms with van der Waals surface area (Å²) in [5, 5.41) is 6.85. The van der Waals surface area contributed by atoms with Crippen molar-refractivity contribution in [2.24, 2.45) is 11.3 Å². The molecule has 0 aromatic carbocycles. The molecule has 13 heavy (non-hydrogen) atoms. The van der Waals surface area contributed by atoms with E-state index >= 15 is 0 Å². The van der Waals surface area contributed by atoms with Gasteiger partial charge in [-0.25, -0.2) is 0 Å². The fourth-order valence-corrected chi connectivity index (χ4v) is 1.03. The first-order chi connectivity index (χ1) is 5.92. The molecule has 2 nitrogen and oxygen atoms in total. The maximum Gasteiger partial charge on any atom is 0.00769 e. The van der Waals surface area contributed by atoms with E-state index in [1.807, 2.05) is 0 Å². The molecule has 0 aromatic rings. The minimum absolute atomic E-state index is 0.401. The van der Waals surface area contributed by atoms with Crippen molar-refractivity contribution in [3.8, 4) is 0 Å². The maximum absolute atomic E-state index is 3.44. The molecule has 0 saturated carbocycles. The summed E-state index contributed by atoms with van der Waals surface area (Å²) >= 11 is 0. The molecule has 0 aliphatic carbocycles. The average Bonchev–Trinajstić information content (AvgIpc) is 1.93. The van der Waals surface area contributed by atoms with Gasteiger partial charge in [0.25, 0.3) is 0 Å². The lowest BCUT2D eigenvalue weighted by atomic mass is 9.97. The third-order valence-electron chi connectivity index (χ3n) is 1.69. The Kier molecular flexibility index (Phi) is 6.35. The number of hydrogen-bond donors (Lipinski definition) is 2. The van der Waals surface area contributed by atoms with Gasteiger partial charge < -0.3 is 10.6 Å². The predicted molar refractivity (Wildman–Crippen MR) is 60.0 cm³/mol. The summed E-state index contributed by atoms with van der Waals surface area (Å²) in [5.74, 6) is 0.752. The molecule has 0 aliphatic rings. The van der Waals surface area contributed by atoms with Crippen LogP contribution in [0.3, 0.4) is 0 Å². The van der Waals surface area contributed by atoms with Crippen LogP contribution in [0.1, 0.15) is 34.6 Å². The van der Waals surface area contributed by atoms with E-state index in [2.05, 4.69) is 45.3 Å². The van der Waals surface area contributed by atoms with Crippen LogP contribution in [0.2, 0.25) is 0 Å². The van der Waals surface area contributed by atoms with Crippen LogP contribution in [-0.4, -0.2) is 26.2 Å². The predicted octanol–water partition coefficient (Wildman–Crippen LogP) is 1.87. The summed E-state index contributed by atoms with van der Waals surface area (Å²) in [5.41, 5.74) is 0.401. The van der Waals surface area contributed by atoms with Crippen molar-refractivity contribution < 1.29 is 0 Å². The van der Waals surface area contributed by atoms with Gasteiger partial charge in [-0.05, 0) is 17.9 Å². The van der Waals surface area contributed by atoms with Gasteiger partial charge in [0.2, 0.25) is 0 Å². The van der Waals surface area contributed by atoms with Crippen molar-refractivity contribution in [1.82, 2.24) is 10.6 Å². The van der Waals surface area contributed by atoms with Crippen molar-refractivity contribution in [3.63, 3.8) is 0 Å². The molecule has 2 heteroatoms. The van der Waals surface area contributed by atoms with Crippen molar-refractivity contribution in [2.45, 2.75) is 34.6 Å². The van der Waals surface area contributed by atoms with Crippen LogP contribution in [0.5, 0.6) is 0 Å². The first-order valence-corrected chi connectivity index (χ1v) is 5.33. The lowest BCUT2D eigenvalue weighted by Gasteiger charge is -2.18. The van der Waals surface area contributed by atoms with E-state index in [0.29, 0.717) is 5.41 Å². The Hall–Kier alpha value is -0.0800. The van der Waals surface area contributed by atoms with Crippen LogP contribution in [-0.2, 0) is 0 Å². The molecule has 0 rings (SSSR count). The second-order valence-corrected chi connectivity index (χ2v) is 5.34. The molecule has 0 amide bonds. The zero-order chi connectivity index (χ0) is 10.3. The van der Waals surface area contributed by atoms with Gasteiger partial charge in [-0.2, -0.15) is 0 Å². The fraction of sp³-hybridized carbons (Fsp3) is 1.00. The summed E-state index contributed by atoms with van der Waals surface area (Å²) in [4.78, 5) is 0. The number of rotatable bonds is 6. The van der Waals surface area contributed by atoms with Crippen LogP contribution in [0.4, 0.5) is 0 Å². The van der Waals surface area contributed by atoms with E-state index in [9.17, 15) is 0 Å². The van der Waals surface area contributed by atoms with Gasteiger partial charge >= 0.3 is 0 Å². The lowest BCUT2D eigenvalue weighted by Crippen LogP contribution is -2.34. The molecule has 0 bridgehead atoms. The van der Waals surface area contributed by atoms with Gasteiger partial charge in [-0.15, -0.1) is 0 Å². The number of nitrogens with one attached hydrogen (secondary N) is 2. The zero-order valence-corrected chi connectivity index (χ0v) is 9.91. The first kappa shape index (κ1) is 12.9. The minimum Gasteiger partial charge on any atom is -0.315 e. The van der Waals surface area contributed by atoms with Crippen LogP contribution >= 0.6 is 0 Å². The Bertz CT molecular complexity index is 114. The average molecular weight is 186 g/mol. The molecule has 0 aromatic heterocycles. The van der Waals surface area contributed by atoms with E-state index in [4.69, 9.17) is 0 Å². The Labute approximate surface area is 83.5 Å².